The Morgan fingerprint density at radius 1 is 0.933 bits per heavy atom. The molecule has 0 spiro atoms. The van der Waals surface area contributed by atoms with E-state index in [1.807, 2.05) is 13.8 Å². The average Bonchev–Trinajstić information content (AvgIpc) is 2.53. The van der Waals surface area contributed by atoms with Crippen molar-refractivity contribution in [3.05, 3.63) is 0 Å². The molecule has 0 amide bonds. The van der Waals surface area contributed by atoms with Crippen molar-refractivity contribution in [2.75, 3.05) is 6.54 Å². The molecule has 1 heteroatoms. The average molecular weight is 213 g/mol. The first kappa shape index (κ1) is 15.0. The summed E-state index contributed by atoms with van der Waals surface area (Å²) >= 11 is 0. The van der Waals surface area contributed by atoms with Crippen molar-refractivity contribution in [2.24, 2.45) is 5.41 Å². The summed E-state index contributed by atoms with van der Waals surface area (Å²) in [4.78, 5) is 2.67. The minimum absolute atomic E-state index is 0.342. The van der Waals surface area contributed by atoms with Crippen LogP contribution in [-0.4, -0.2) is 23.0 Å². The van der Waals surface area contributed by atoms with Crippen LogP contribution in [0.1, 0.15) is 68.2 Å². The van der Waals surface area contributed by atoms with Crippen molar-refractivity contribution in [1.29, 1.82) is 0 Å². The van der Waals surface area contributed by atoms with Gasteiger partial charge in [-0.05, 0) is 45.6 Å². The molecule has 0 radical (unpaired) electrons. The molecule has 1 aliphatic heterocycles. The summed E-state index contributed by atoms with van der Waals surface area (Å²) in [5.41, 5.74) is 0.776. The van der Waals surface area contributed by atoms with Crippen molar-refractivity contribution in [1.82, 2.24) is 4.90 Å². The van der Waals surface area contributed by atoms with E-state index in [9.17, 15) is 0 Å². The van der Waals surface area contributed by atoms with Crippen molar-refractivity contribution < 1.29 is 0 Å². The van der Waals surface area contributed by atoms with Gasteiger partial charge in [-0.3, -0.25) is 4.90 Å². The monoisotopic (exact) mass is 213 g/mol. The summed E-state index contributed by atoms with van der Waals surface area (Å²) in [5.74, 6) is 0. The van der Waals surface area contributed by atoms with E-state index in [-0.39, 0.29) is 0 Å². The molecular weight excluding hydrogens is 182 g/mol. The van der Waals surface area contributed by atoms with Crippen LogP contribution in [0.15, 0.2) is 0 Å². The molecule has 1 atom stereocenters. The fraction of sp³-hybridized carbons (Fsp3) is 1.00. The second kappa shape index (κ2) is 5.34. The van der Waals surface area contributed by atoms with E-state index < -0.39 is 0 Å². The molecule has 0 saturated carbocycles. The first-order chi connectivity index (χ1) is 6.73. The van der Waals surface area contributed by atoms with E-state index in [0.29, 0.717) is 11.0 Å². The van der Waals surface area contributed by atoms with E-state index in [2.05, 4.69) is 46.4 Å². The van der Waals surface area contributed by atoms with Gasteiger partial charge in [0.25, 0.3) is 0 Å². The molecule has 0 aromatic rings. The lowest BCUT2D eigenvalue weighted by Crippen LogP contribution is -2.49. The smallest absolute Gasteiger partial charge is 0.0149 e. The van der Waals surface area contributed by atoms with Crippen molar-refractivity contribution in [2.45, 2.75) is 79.8 Å². The number of nitrogens with zero attached hydrogens (tertiary/aromatic N) is 1. The standard InChI is InChI=1S/C12H25N.C2H6/c1-11(2,3)10-8-7-9-13(10)12(4,5)6;1-2/h10H,7-9H2,1-6H3;1-2H3. The highest BCUT2D eigenvalue weighted by molar-refractivity contribution is 4.93. The maximum Gasteiger partial charge on any atom is 0.0149 e. The molecule has 0 aliphatic carbocycles. The van der Waals surface area contributed by atoms with Crippen LogP contribution in [0, 0.1) is 5.41 Å². The van der Waals surface area contributed by atoms with Gasteiger partial charge in [0.1, 0.15) is 0 Å². The fourth-order valence-corrected chi connectivity index (χ4v) is 2.47. The molecule has 0 bridgehead atoms. The second-order valence-corrected chi connectivity index (χ2v) is 6.39. The normalized spacial score (nSPS) is 23.6. The molecule has 1 saturated heterocycles. The van der Waals surface area contributed by atoms with Crippen LogP contribution in [0.25, 0.3) is 0 Å². The van der Waals surface area contributed by atoms with Crippen molar-refractivity contribution in [3.63, 3.8) is 0 Å². The van der Waals surface area contributed by atoms with E-state index >= 15 is 0 Å². The molecule has 0 N–H and O–H groups in total. The van der Waals surface area contributed by atoms with Gasteiger partial charge in [-0.15, -0.1) is 0 Å². The third kappa shape index (κ3) is 4.14. The number of hydrogen-bond acceptors (Lipinski definition) is 1. The van der Waals surface area contributed by atoms with Gasteiger partial charge in [-0.1, -0.05) is 34.6 Å². The van der Waals surface area contributed by atoms with E-state index in [1.54, 1.807) is 0 Å². The van der Waals surface area contributed by atoms with E-state index in [0.717, 1.165) is 6.04 Å². The quantitative estimate of drug-likeness (QED) is 0.579. The van der Waals surface area contributed by atoms with E-state index in [1.165, 1.54) is 19.4 Å². The molecule has 0 aromatic heterocycles. The number of rotatable bonds is 0. The zero-order valence-electron chi connectivity index (χ0n) is 12.1. The van der Waals surface area contributed by atoms with E-state index in [4.69, 9.17) is 0 Å². The van der Waals surface area contributed by atoms with Crippen LogP contribution in [0.2, 0.25) is 0 Å². The molecule has 1 fully saturated rings. The molecule has 0 aromatic carbocycles. The Bertz CT molecular complexity index is 151. The Labute approximate surface area is 97.2 Å². The van der Waals surface area contributed by atoms with Gasteiger partial charge >= 0.3 is 0 Å². The van der Waals surface area contributed by atoms with Crippen LogP contribution < -0.4 is 0 Å². The molecule has 1 rings (SSSR count). The Kier molecular flexibility index (Phi) is 5.32. The minimum Gasteiger partial charge on any atom is -0.295 e. The largest absolute Gasteiger partial charge is 0.295 e. The van der Waals surface area contributed by atoms with Gasteiger partial charge in [0.15, 0.2) is 0 Å². The zero-order valence-corrected chi connectivity index (χ0v) is 12.1. The Balaban J connectivity index is 0.000000921. The first-order valence-corrected chi connectivity index (χ1v) is 6.49. The highest BCUT2D eigenvalue weighted by Gasteiger charge is 2.38. The predicted octanol–water partition coefficient (Wildman–Crippen LogP) is 4.32. The lowest BCUT2D eigenvalue weighted by Gasteiger charge is -2.43. The van der Waals surface area contributed by atoms with Gasteiger partial charge in [-0.25, -0.2) is 0 Å². The molecular formula is C14H31N. The first-order valence-electron chi connectivity index (χ1n) is 6.49. The number of hydrogen-bond donors (Lipinski definition) is 0. The molecule has 1 unspecified atom stereocenters. The summed E-state index contributed by atoms with van der Waals surface area (Å²) in [7, 11) is 0. The summed E-state index contributed by atoms with van der Waals surface area (Å²) in [6.07, 6.45) is 2.75. The van der Waals surface area contributed by atoms with Gasteiger partial charge < -0.3 is 0 Å². The molecule has 1 aliphatic rings. The Morgan fingerprint density at radius 3 is 1.67 bits per heavy atom. The zero-order chi connectivity index (χ0) is 12.3. The molecule has 15 heavy (non-hydrogen) atoms. The van der Waals surface area contributed by atoms with Crippen LogP contribution in [-0.2, 0) is 0 Å². The minimum atomic E-state index is 0.342. The third-order valence-electron chi connectivity index (χ3n) is 3.11. The highest BCUT2D eigenvalue weighted by Crippen LogP contribution is 2.36. The molecule has 92 valence electrons. The fourth-order valence-electron chi connectivity index (χ4n) is 2.47. The van der Waals surface area contributed by atoms with Crippen molar-refractivity contribution >= 4 is 0 Å². The van der Waals surface area contributed by atoms with Crippen molar-refractivity contribution in [3.8, 4) is 0 Å². The summed E-state index contributed by atoms with van der Waals surface area (Å²) < 4.78 is 0. The van der Waals surface area contributed by atoms with Gasteiger partial charge in [0, 0.05) is 11.6 Å². The van der Waals surface area contributed by atoms with Crippen LogP contribution in [0.4, 0.5) is 0 Å². The summed E-state index contributed by atoms with van der Waals surface area (Å²) in [5, 5.41) is 0. The topological polar surface area (TPSA) is 3.24 Å². The Hall–Kier alpha value is -0.0400. The predicted molar refractivity (Wildman–Crippen MR) is 70.3 cm³/mol. The maximum absolute atomic E-state index is 2.67. The molecule has 1 nitrogen and oxygen atoms in total. The summed E-state index contributed by atoms with van der Waals surface area (Å²) in [6.45, 7) is 19.4. The van der Waals surface area contributed by atoms with Gasteiger partial charge in [0.2, 0.25) is 0 Å². The van der Waals surface area contributed by atoms with Crippen LogP contribution in [0.3, 0.4) is 0 Å². The lowest BCUT2D eigenvalue weighted by atomic mass is 9.83. The Morgan fingerprint density at radius 2 is 1.40 bits per heavy atom. The summed E-state index contributed by atoms with van der Waals surface area (Å²) in [6, 6.07) is 0.771. The number of likely N-dealkylation sites (tertiary alicyclic amines) is 1. The SMILES string of the molecule is CC.CC(C)(C)C1CCCN1C(C)(C)C. The van der Waals surface area contributed by atoms with Gasteiger partial charge in [-0.2, -0.15) is 0 Å². The maximum atomic E-state index is 2.67. The van der Waals surface area contributed by atoms with Gasteiger partial charge in [0.05, 0.1) is 0 Å². The third-order valence-corrected chi connectivity index (χ3v) is 3.11. The van der Waals surface area contributed by atoms with Crippen LogP contribution >= 0.6 is 0 Å². The second-order valence-electron chi connectivity index (χ2n) is 6.39. The highest BCUT2D eigenvalue weighted by atomic mass is 15.2. The molecule has 1 heterocycles. The lowest BCUT2D eigenvalue weighted by molar-refractivity contribution is 0.0582. The van der Waals surface area contributed by atoms with Crippen LogP contribution in [0.5, 0.6) is 0 Å².